The van der Waals surface area contributed by atoms with Crippen molar-refractivity contribution in [2.75, 3.05) is 19.5 Å². The summed E-state index contributed by atoms with van der Waals surface area (Å²) in [6.45, 7) is 0. The lowest BCUT2D eigenvalue weighted by Gasteiger charge is -2.14. The number of nitrogens with one attached hydrogen (secondary N) is 2. The molecule has 0 unspecified atom stereocenters. The quantitative estimate of drug-likeness (QED) is 0.523. The van der Waals surface area contributed by atoms with Gasteiger partial charge in [0, 0.05) is 21.8 Å². The second kappa shape index (κ2) is 10.3. The highest BCUT2D eigenvalue weighted by molar-refractivity contribution is 6.30. The molecule has 31 heavy (non-hydrogen) atoms. The molecule has 0 atom stereocenters. The van der Waals surface area contributed by atoms with Crippen LogP contribution < -0.4 is 20.1 Å². The Morgan fingerprint density at radius 3 is 2.23 bits per heavy atom. The molecule has 0 aliphatic heterocycles. The van der Waals surface area contributed by atoms with Gasteiger partial charge in [0.05, 0.1) is 14.2 Å². The Morgan fingerprint density at radius 1 is 0.871 bits per heavy atom. The molecule has 0 aromatic heterocycles. The first kappa shape index (κ1) is 21.9. The molecule has 0 fully saturated rings. The molecular formula is C24H21ClN2O4. The van der Waals surface area contributed by atoms with Gasteiger partial charge in [-0.3, -0.25) is 9.59 Å². The van der Waals surface area contributed by atoms with Crippen molar-refractivity contribution in [3.63, 3.8) is 0 Å². The van der Waals surface area contributed by atoms with Crippen LogP contribution in [0, 0.1) is 0 Å². The van der Waals surface area contributed by atoms with E-state index >= 15 is 0 Å². The zero-order chi connectivity index (χ0) is 22.2. The fourth-order valence-electron chi connectivity index (χ4n) is 2.86. The summed E-state index contributed by atoms with van der Waals surface area (Å²) in [5, 5.41) is 6.00. The van der Waals surface area contributed by atoms with Crippen LogP contribution in [0.3, 0.4) is 0 Å². The summed E-state index contributed by atoms with van der Waals surface area (Å²) in [7, 11) is 3.03. The molecule has 2 N–H and O–H groups in total. The number of methoxy groups -OCH3 is 2. The lowest BCUT2D eigenvalue weighted by molar-refractivity contribution is -0.113. The molecule has 0 spiro atoms. The molecule has 0 saturated heterocycles. The fourth-order valence-corrected chi connectivity index (χ4v) is 2.98. The lowest BCUT2D eigenvalue weighted by Crippen LogP contribution is -2.30. The third-order valence-electron chi connectivity index (χ3n) is 4.36. The van der Waals surface area contributed by atoms with Gasteiger partial charge in [-0.15, -0.1) is 0 Å². The minimum absolute atomic E-state index is 0.0374. The molecule has 7 heteroatoms. The Balaban J connectivity index is 1.97. The van der Waals surface area contributed by atoms with Crippen molar-refractivity contribution in [2.24, 2.45) is 0 Å². The first-order valence-corrected chi connectivity index (χ1v) is 9.75. The van der Waals surface area contributed by atoms with Crippen LogP contribution in [0.4, 0.5) is 5.69 Å². The standard InChI is InChI=1S/C24H21ClN2O4/c1-30-21-10-6-9-17(22(21)31-2)15-20(27-23(28)16-7-4-3-5-8-16)24(29)26-19-13-11-18(25)12-14-19/h3-15H,1-2H3,(H,26,29)(H,27,28)/b20-15-. The summed E-state index contributed by atoms with van der Waals surface area (Å²) in [6, 6.07) is 20.6. The maximum Gasteiger partial charge on any atom is 0.272 e. The smallest absolute Gasteiger partial charge is 0.272 e. The SMILES string of the molecule is COc1cccc(/C=C(\NC(=O)c2ccccc2)C(=O)Nc2ccc(Cl)cc2)c1OC. The number of carbonyl (C=O) groups excluding carboxylic acids is 2. The lowest BCUT2D eigenvalue weighted by atomic mass is 10.1. The second-order valence-corrected chi connectivity index (χ2v) is 6.86. The van der Waals surface area contributed by atoms with Crippen LogP contribution in [0.15, 0.2) is 78.5 Å². The van der Waals surface area contributed by atoms with E-state index in [0.717, 1.165) is 0 Å². The summed E-state index contributed by atoms with van der Waals surface area (Å²) in [6.07, 6.45) is 1.54. The average Bonchev–Trinajstić information content (AvgIpc) is 2.80. The summed E-state index contributed by atoms with van der Waals surface area (Å²) >= 11 is 5.91. The summed E-state index contributed by atoms with van der Waals surface area (Å²) in [5.41, 5.74) is 1.56. The number of carbonyl (C=O) groups is 2. The van der Waals surface area contributed by atoms with Crippen molar-refractivity contribution < 1.29 is 19.1 Å². The van der Waals surface area contributed by atoms with E-state index in [4.69, 9.17) is 21.1 Å². The molecule has 3 rings (SSSR count). The largest absolute Gasteiger partial charge is 0.493 e. The molecule has 2 amide bonds. The van der Waals surface area contributed by atoms with E-state index in [2.05, 4.69) is 10.6 Å². The molecule has 0 aliphatic carbocycles. The van der Waals surface area contributed by atoms with E-state index in [-0.39, 0.29) is 5.70 Å². The number of ether oxygens (including phenoxy) is 2. The Bertz CT molecular complexity index is 1100. The molecule has 0 bridgehead atoms. The van der Waals surface area contributed by atoms with Crippen LogP contribution in [0.5, 0.6) is 11.5 Å². The predicted molar refractivity (Wildman–Crippen MR) is 122 cm³/mol. The molecule has 158 valence electrons. The van der Waals surface area contributed by atoms with Crippen molar-refractivity contribution >= 4 is 35.2 Å². The minimum Gasteiger partial charge on any atom is -0.493 e. The molecule has 6 nitrogen and oxygen atoms in total. The Morgan fingerprint density at radius 2 is 1.58 bits per heavy atom. The van der Waals surface area contributed by atoms with Crippen LogP contribution in [0.1, 0.15) is 15.9 Å². The Labute approximate surface area is 185 Å². The third kappa shape index (κ3) is 5.65. The van der Waals surface area contributed by atoms with Crippen molar-refractivity contribution in [3.8, 4) is 11.5 Å². The van der Waals surface area contributed by atoms with Gasteiger partial charge in [0.25, 0.3) is 11.8 Å². The zero-order valence-electron chi connectivity index (χ0n) is 17.0. The zero-order valence-corrected chi connectivity index (χ0v) is 17.8. The number of hydrogen-bond donors (Lipinski definition) is 2. The van der Waals surface area contributed by atoms with E-state index in [0.29, 0.717) is 33.3 Å². The molecular weight excluding hydrogens is 416 g/mol. The topological polar surface area (TPSA) is 76.7 Å². The molecule has 0 aliphatic rings. The van der Waals surface area contributed by atoms with Gasteiger partial charge in [0.1, 0.15) is 5.70 Å². The molecule has 0 radical (unpaired) electrons. The maximum absolute atomic E-state index is 13.0. The van der Waals surface area contributed by atoms with Crippen molar-refractivity contribution in [3.05, 3.63) is 94.6 Å². The predicted octanol–water partition coefficient (Wildman–Crippen LogP) is 4.77. The number of hydrogen-bond acceptors (Lipinski definition) is 4. The maximum atomic E-state index is 13.0. The van der Waals surface area contributed by atoms with E-state index in [9.17, 15) is 9.59 Å². The fraction of sp³-hybridized carbons (Fsp3) is 0.0833. The number of benzene rings is 3. The molecule has 0 saturated carbocycles. The number of para-hydroxylation sites is 1. The number of anilines is 1. The van der Waals surface area contributed by atoms with Gasteiger partial charge in [-0.25, -0.2) is 0 Å². The van der Waals surface area contributed by atoms with Gasteiger partial charge in [0.15, 0.2) is 11.5 Å². The van der Waals surface area contributed by atoms with E-state index in [1.807, 2.05) is 6.07 Å². The van der Waals surface area contributed by atoms with Gasteiger partial charge in [-0.05, 0) is 48.5 Å². The van der Waals surface area contributed by atoms with Crippen LogP contribution in [-0.4, -0.2) is 26.0 Å². The van der Waals surface area contributed by atoms with Crippen molar-refractivity contribution in [2.45, 2.75) is 0 Å². The number of amides is 2. The second-order valence-electron chi connectivity index (χ2n) is 6.42. The van der Waals surface area contributed by atoms with Gasteiger partial charge >= 0.3 is 0 Å². The number of rotatable bonds is 7. The van der Waals surface area contributed by atoms with Gasteiger partial charge in [0.2, 0.25) is 0 Å². The average molecular weight is 437 g/mol. The van der Waals surface area contributed by atoms with E-state index < -0.39 is 11.8 Å². The van der Waals surface area contributed by atoms with Crippen LogP contribution in [-0.2, 0) is 4.79 Å². The highest BCUT2D eigenvalue weighted by Gasteiger charge is 2.17. The van der Waals surface area contributed by atoms with Gasteiger partial charge < -0.3 is 20.1 Å². The first-order valence-electron chi connectivity index (χ1n) is 9.38. The van der Waals surface area contributed by atoms with Crippen LogP contribution in [0.2, 0.25) is 5.02 Å². The molecule has 3 aromatic carbocycles. The first-order chi connectivity index (χ1) is 15.0. The summed E-state index contributed by atoms with van der Waals surface area (Å²) in [5.74, 6) is 0.0234. The molecule has 3 aromatic rings. The minimum atomic E-state index is -0.503. The van der Waals surface area contributed by atoms with Gasteiger partial charge in [-0.1, -0.05) is 41.9 Å². The Hall–Kier alpha value is -3.77. The van der Waals surface area contributed by atoms with E-state index in [1.165, 1.54) is 20.3 Å². The van der Waals surface area contributed by atoms with Crippen LogP contribution in [0.25, 0.3) is 6.08 Å². The number of halogens is 1. The molecule has 0 heterocycles. The van der Waals surface area contributed by atoms with Gasteiger partial charge in [-0.2, -0.15) is 0 Å². The van der Waals surface area contributed by atoms with Crippen LogP contribution >= 0.6 is 11.6 Å². The van der Waals surface area contributed by atoms with E-state index in [1.54, 1.807) is 66.7 Å². The summed E-state index contributed by atoms with van der Waals surface area (Å²) < 4.78 is 10.8. The van der Waals surface area contributed by atoms with Crippen molar-refractivity contribution in [1.29, 1.82) is 0 Å². The summed E-state index contributed by atoms with van der Waals surface area (Å²) in [4.78, 5) is 25.7. The Kier molecular flexibility index (Phi) is 7.30. The highest BCUT2D eigenvalue weighted by Crippen LogP contribution is 2.32. The third-order valence-corrected chi connectivity index (χ3v) is 4.62. The normalized spacial score (nSPS) is 10.9. The van der Waals surface area contributed by atoms with Crippen molar-refractivity contribution in [1.82, 2.24) is 5.32 Å². The monoisotopic (exact) mass is 436 g/mol. The highest BCUT2D eigenvalue weighted by atomic mass is 35.5.